The molecule has 1 aliphatic heterocycles. The fraction of sp³-hybridized carbons (Fsp3) is 0.478. The van der Waals surface area contributed by atoms with E-state index in [9.17, 15) is 5.11 Å². The van der Waals surface area contributed by atoms with E-state index in [1.807, 2.05) is 24.3 Å². The molecule has 1 atom stereocenters. The van der Waals surface area contributed by atoms with Crippen LogP contribution in [-0.2, 0) is 17.9 Å². The quantitative estimate of drug-likeness (QED) is 0.720. The maximum Gasteiger partial charge on any atom is 0.119 e. The van der Waals surface area contributed by atoms with Gasteiger partial charge in [0.25, 0.3) is 0 Å². The number of aryl methyl sites for hydroxylation is 1. The average molecular weight is 385 g/mol. The van der Waals surface area contributed by atoms with Crippen LogP contribution in [0.15, 0.2) is 48.5 Å². The van der Waals surface area contributed by atoms with Crippen molar-refractivity contribution in [3.05, 3.63) is 65.2 Å². The molecule has 1 N–H and O–H groups in total. The molecule has 0 saturated carbocycles. The minimum absolute atomic E-state index is 0.348. The van der Waals surface area contributed by atoms with Gasteiger partial charge in [0, 0.05) is 39.3 Å². The lowest BCUT2D eigenvalue weighted by molar-refractivity contribution is 0.000841. The first-order valence-electron chi connectivity index (χ1n) is 10.0. The van der Waals surface area contributed by atoms with E-state index in [2.05, 4.69) is 41.0 Å². The molecule has 1 heterocycles. The number of ether oxygens (including phenoxy) is 2. The van der Waals surface area contributed by atoms with Crippen LogP contribution in [0, 0.1) is 6.92 Å². The molecule has 0 spiro atoms. The van der Waals surface area contributed by atoms with Crippen molar-refractivity contribution in [3.63, 3.8) is 0 Å². The molecule has 1 unspecified atom stereocenters. The molecule has 5 nitrogen and oxygen atoms in total. The van der Waals surface area contributed by atoms with E-state index < -0.39 is 6.10 Å². The standard InChI is InChI=1S/C23H32N2O3/c1-19-6-3-4-8-21(19)15-24-10-12-25(13-11-24)16-22(26)18-28-17-20-7-5-9-23(14-20)27-2/h3-9,14,22,26H,10-13,15-18H2,1-2H3. The average Bonchev–Trinajstić information content (AvgIpc) is 2.71. The van der Waals surface area contributed by atoms with Gasteiger partial charge in [-0.05, 0) is 35.7 Å². The second-order valence-corrected chi connectivity index (χ2v) is 7.52. The highest BCUT2D eigenvalue weighted by Gasteiger charge is 2.19. The van der Waals surface area contributed by atoms with E-state index in [1.54, 1.807) is 7.11 Å². The molecule has 5 heteroatoms. The van der Waals surface area contributed by atoms with E-state index in [-0.39, 0.29) is 0 Å². The highest BCUT2D eigenvalue weighted by atomic mass is 16.5. The lowest BCUT2D eigenvalue weighted by Crippen LogP contribution is -2.48. The van der Waals surface area contributed by atoms with Gasteiger partial charge in [-0.25, -0.2) is 0 Å². The molecule has 0 aromatic heterocycles. The first-order chi connectivity index (χ1) is 13.6. The molecule has 3 rings (SSSR count). The Labute approximate surface area is 168 Å². The Morgan fingerprint density at radius 3 is 2.50 bits per heavy atom. The lowest BCUT2D eigenvalue weighted by atomic mass is 10.1. The van der Waals surface area contributed by atoms with Crippen molar-refractivity contribution in [2.75, 3.05) is 46.4 Å². The smallest absolute Gasteiger partial charge is 0.119 e. The SMILES string of the molecule is COc1cccc(COCC(O)CN2CCN(Cc3ccccc3C)CC2)c1. The monoisotopic (exact) mass is 384 g/mol. The van der Waals surface area contributed by atoms with Crippen LogP contribution in [0.1, 0.15) is 16.7 Å². The Bertz CT molecular complexity index is 729. The topological polar surface area (TPSA) is 45.2 Å². The number of aliphatic hydroxyl groups is 1. The molecule has 28 heavy (non-hydrogen) atoms. The van der Waals surface area contributed by atoms with Gasteiger partial charge in [0.15, 0.2) is 0 Å². The molecule has 0 bridgehead atoms. The van der Waals surface area contributed by atoms with Crippen LogP contribution in [-0.4, -0.2) is 67.5 Å². The van der Waals surface area contributed by atoms with Gasteiger partial charge in [0.2, 0.25) is 0 Å². The Hall–Kier alpha value is -1.92. The summed E-state index contributed by atoms with van der Waals surface area (Å²) in [7, 11) is 1.66. The summed E-state index contributed by atoms with van der Waals surface area (Å²) >= 11 is 0. The van der Waals surface area contributed by atoms with Crippen LogP contribution >= 0.6 is 0 Å². The number of methoxy groups -OCH3 is 1. The van der Waals surface area contributed by atoms with Crippen molar-refractivity contribution in [1.29, 1.82) is 0 Å². The molecule has 1 fully saturated rings. The Morgan fingerprint density at radius 2 is 1.75 bits per heavy atom. The molecule has 152 valence electrons. The molecule has 1 aliphatic rings. The van der Waals surface area contributed by atoms with Gasteiger partial charge in [0.05, 0.1) is 26.4 Å². The van der Waals surface area contributed by atoms with E-state index in [0.717, 1.165) is 44.0 Å². The molecule has 2 aromatic carbocycles. The van der Waals surface area contributed by atoms with Crippen LogP contribution in [0.3, 0.4) is 0 Å². The van der Waals surface area contributed by atoms with E-state index in [4.69, 9.17) is 9.47 Å². The largest absolute Gasteiger partial charge is 0.497 e. The summed E-state index contributed by atoms with van der Waals surface area (Å²) in [5, 5.41) is 10.3. The van der Waals surface area contributed by atoms with Crippen LogP contribution < -0.4 is 4.74 Å². The van der Waals surface area contributed by atoms with Crippen molar-refractivity contribution < 1.29 is 14.6 Å². The third kappa shape index (κ3) is 6.31. The summed E-state index contributed by atoms with van der Waals surface area (Å²) in [6.07, 6.45) is -0.464. The summed E-state index contributed by atoms with van der Waals surface area (Å²) < 4.78 is 10.9. The van der Waals surface area contributed by atoms with Crippen molar-refractivity contribution in [2.24, 2.45) is 0 Å². The van der Waals surface area contributed by atoms with E-state index >= 15 is 0 Å². The highest BCUT2D eigenvalue weighted by molar-refractivity contribution is 5.28. The van der Waals surface area contributed by atoms with Gasteiger partial charge in [-0.3, -0.25) is 9.80 Å². The molecular weight excluding hydrogens is 352 g/mol. The van der Waals surface area contributed by atoms with E-state index in [1.165, 1.54) is 11.1 Å². The van der Waals surface area contributed by atoms with E-state index in [0.29, 0.717) is 19.8 Å². The minimum Gasteiger partial charge on any atom is -0.497 e. The molecule has 2 aromatic rings. The number of β-amino-alcohol motifs (C(OH)–C–C–N with tert-alkyl or cyclic N) is 1. The van der Waals surface area contributed by atoms with Crippen LogP contribution in [0.4, 0.5) is 0 Å². The van der Waals surface area contributed by atoms with Gasteiger partial charge in [-0.1, -0.05) is 36.4 Å². The number of hydrogen-bond donors (Lipinski definition) is 1. The number of piperazine rings is 1. The number of rotatable bonds is 9. The minimum atomic E-state index is -0.464. The number of aliphatic hydroxyl groups excluding tert-OH is 1. The number of benzene rings is 2. The second kappa shape index (κ2) is 10.6. The molecule has 1 saturated heterocycles. The van der Waals surface area contributed by atoms with Gasteiger partial charge >= 0.3 is 0 Å². The first kappa shape index (κ1) is 20.8. The first-order valence-corrected chi connectivity index (χ1v) is 10.0. The molecule has 0 amide bonds. The maximum absolute atomic E-state index is 10.3. The molecule has 0 radical (unpaired) electrons. The zero-order valence-electron chi connectivity index (χ0n) is 17.0. The highest BCUT2D eigenvalue weighted by Crippen LogP contribution is 2.14. The fourth-order valence-electron chi connectivity index (χ4n) is 3.58. The number of hydrogen-bond acceptors (Lipinski definition) is 5. The Kier molecular flexibility index (Phi) is 7.86. The van der Waals surface area contributed by atoms with Crippen molar-refractivity contribution >= 4 is 0 Å². The van der Waals surface area contributed by atoms with Crippen molar-refractivity contribution in [1.82, 2.24) is 9.80 Å². The van der Waals surface area contributed by atoms with Crippen molar-refractivity contribution in [2.45, 2.75) is 26.2 Å². The van der Waals surface area contributed by atoms with Crippen LogP contribution in [0.5, 0.6) is 5.75 Å². The van der Waals surface area contributed by atoms with Gasteiger partial charge in [0.1, 0.15) is 5.75 Å². The second-order valence-electron chi connectivity index (χ2n) is 7.52. The Morgan fingerprint density at radius 1 is 1.00 bits per heavy atom. The summed E-state index contributed by atoms with van der Waals surface area (Å²) in [5.41, 5.74) is 3.81. The third-order valence-electron chi connectivity index (χ3n) is 5.30. The fourth-order valence-corrected chi connectivity index (χ4v) is 3.58. The third-order valence-corrected chi connectivity index (χ3v) is 5.30. The molecule has 0 aliphatic carbocycles. The van der Waals surface area contributed by atoms with Gasteiger partial charge in [-0.15, -0.1) is 0 Å². The van der Waals surface area contributed by atoms with Crippen LogP contribution in [0.2, 0.25) is 0 Å². The molecular formula is C23H32N2O3. The summed E-state index contributed by atoms with van der Waals surface area (Å²) in [6, 6.07) is 16.4. The summed E-state index contributed by atoms with van der Waals surface area (Å²) in [6.45, 7) is 8.71. The normalized spacial score (nSPS) is 16.8. The zero-order chi connectivity index (χ0) is 19.8. The number of nitrogens with zero attached hydrogens (tertiary/aromatic N) is 2. The predicted molar refractivity (Wildman–Crippen MR) is 112 cm³/mol. The maximum atomic E-state index is 10.3. The van der Waals surface area contributed by atoms with Gasteiger partial charge in [-0.2, -0.15) is 0 Å². The zero-order valence-corrected chi connectivity index (χ0v) is 17.0. The summed E-state index contributed by atoms with van der Waals surface area (Å²) in [5.74, 6) is 0.824. The van der Waals surface area contributed by atoms with Crippen LogP contribution in [0.25, 0.3) is 0 Å². The van der Waals surface area contributed by atoms with Gasteiger partial charge < -0.3 is 14.6 Å². The summed E-state index contributed by atoms with van der Waals surface area (Å²) in [4.78, 5) is 4.82. The lowest BCUT2D eigenvalue weighted by Gasteiger charge is -2.35. The van der Waals surface area contributed by atoms with Crippen molar-refractivity contribution in [3.8, 4) is 5.75 Å². The Balaban J connectivity index is 1.34. The predicted octanol–water partition coefficient (Wildman–Crippen LogP) is 2.70.